The minimum atomic E-state index is 0.0257. The largest absolute Gasteiger partial charge is 0.375 e. The summed E-state index contributed by atoms with van der Waals surface area (Å²) in [5.41, 5.74) is 2.82. The molecule has 5 heteroatoms. The fourth-order valence-electron chi connectivity index (χ4n) is 3.37. The highest BCUT2D eigenvalue weighted by Crippen LogP contribution is 2.26. The molecule has 2 aliphatic heterocycles. The van der Waals surface area contributed by atoms with E-state index in [2.05, 4.69) is 39.8 Å². The van der Waals surface area contributed by atoms with E-state index >= 15 is 0 Å². The number of aryl methyl sites for hydroxylation is 1. The Morgan fingerprint density at radius 1 is 1.39 bits per heavy atom. The van der Waals surface area contributed by atoms with Gasteiger partial charge in [0.25, 0.3) is 0 Å². The first-order valence-electron chi connectivity index (χ1n) is 8.75. The van der Waals surface area contributed by atoms with Gasteiger partial charge in [-0.15, -0.1) is 0 Å². The van der Waals surface area contributed by atoms with Crippen LogP contribution in [0.2, 0.25) is 0 Å². The van der Waals surface area contributed by atoms with Crippen molar-refractivity contribution in [3.8, 4) is 0 Å². The lowest BCUT2D eigenvalue weighted by molar-refractivity contribution is -0.124. The van der Waals surface area contributed by atoms with Crippen LogP contribution < -0.4 is 15.5 Å². The smallest absolute Gasteiger partial charge is 0.222 e. The summed E-state index contributed by atoms with van der Waals surface area (Å²) in [5.74, 6) is 0.0951. The van der Waals surface area contributed by atoms with E-state index < -0.39 is 0 Å². The molecule has 0 radical (unpaired) electrons. The summed E-state index contributed by atoms with van der Waals surface area (Å²) in [4.78, 5) is 14.4. The van der Waals surface area contributed by atoms with Gasteiger partial charge >= 0.3 is 0 Å². The number of nitrogens with one attached hydrogen (secondary N) is 2. The minimum Gasteiger partial charge on any atom is -0.375 e. The van der Waals surface area contributed by atoms with Crippen molar-refractivity contribution in [1.82, 2.24) is 10.6 Å². The number of benzene rings is 1. The maximum Gasteiger partial charge on any atom is 0.222 e. The lowest BCUT2D eigenvalue weighted by Crippen LogP contribution is -2.41. The monoisotopic (exact) mass is 317 g/mol. The number of nitrogens with zero attached hydrogens (tertiary/aromatic N) is 1. The summed E-state index contributed by atoms with van der Waals surface area (Å²) in [5, 5.41) is 6.27. The Hall–Kier alpha value is -1.59. The third-order valence-corrected chi connectivity index (χ3v) is 4.55. The Morgan fingerprint density at radius 2 is 2.30 bits per heavy atom. The number of hydrogen-bond donors (Lipinski definition) is 2. The first kappa shape index (κ1) is 16.3. The van der Waals surface area contributed by atoms with Crippen molar-refractivity contribution < 1.29 is 9.53 Å². The van der Waals surface area contributed by atoms with E-state index in [1.54, 1.807) is 0 Å². The maximum absolute atomic E-state index is 11.9. The van der Waals surface area contributed by atoms with Crippen LogP contribution in [0.25, 0.3) is 0 Å². The van der Waals surface area contributed by atoms with Crippen LogP contribution in [0.3, 0.4) is 0 Å². The van der Waals surface area contributed by atoms with Gasteiger partial charge in [0.15, 0.2) is 0 Å². The zero-order valence-electron chi connectivity index (χ0n) is 13.7. The minimum absolute atomic E-state index is 0.0257. The average molecular weight is 317 g/mol. The number of ether oxygens (including phenoxy) is 1. The maximum atomic E-state index is 11.9. The molecule has 126 valence electrons. The molecule has 0 spiro atoms. The van der Waals surface area contributed by atoms with E-state index in [0.29, 0.717) is 13.0 Å². The van der Waals surface area contributed by atoms with Gasteiger partial charge in [-0.2, -0.15) is 0 Å². The van der Waals surface area contributed by atoms with Crippen LogP contribution >= 0.6 is 0 Å². The molecule has 0 bridgehead atoms. The fourth-order valence-corrected chi connectivity index (χ4v) is 3.37. The first-order chi connectivity index (χ1) is 11.3. The van der Waals surface area contributed by atoms with E-state index in [1.165, 1.54) is 24.1 Å². The summed E-state index contributed by atoms with van der Waals surface area (Å²) < 4.78 is 5.56. The predicted molar refractivity (Wildman–Crippen MR) is 91.8 cm³/mol. The number of rotatable bonds is 6. The number of carbonyl (C=O) groups is 1. The average Bonchev–Trinajstić information content (AvgIpc) is 2.60. The molecule has 1 saturated heterocycles. The van der Waals surface area contributed by atoms with Crippen molar-refractivity contribution in [1.29, 1.82) is 0 Å². The van der Waals surface area contributed by atoms with Crippen LogP contribution in [-0.4, -0.2) is 51.3 Å². The number of carbonyl (C=O) groups excluding carboxylic acids is 1. The summed E-state index contributed by atoms with van der Waals surface area (Å²) in [6.45, 7) is 5.21. The van der Waals surface area contributed by atoms with Crippen LogP contribution in [0.5, 0.6) is 0 Å². The van der Waals surface area contributed by atoms with Gasteiger partial charge in [0, 0.05) is 38.4 Å². The molecular formula is C18H27N3O2. The van der Waals surface area contributed by atoms with Gasteiger partial charge in [0.1, 0.15) is 0 Å². The summed E-state index contributed by atoms with van der Waals surface area (Å²) in [6, 6.07) is 8.66. The number of amides is 1. The van der Waals surface area contributed by atoms with Crippen LogP contribution in [0, 0.1) is 0 Å². The second-order valence-electron chi connectivity index (χ2n) is 6.32. The van der Waals surface area contributed by atoms with E-state index in [-0.39, 0.29) is 12.0 Å². The molecule has 1 atom stereocenters. The number of fused-ring (bicyclic) bond motifs is 1. The Kier molecular flexibility index (Phi) is 5.88. The standard InChI is InChI=1S/C18H27N3O2/c22-18(13-16-14-19-9-12-23-16)20-8-4-11-21-10-3-6-15-5-1-2-7-17(15)21/h1-2,5,7,16,19H,3-4,6,8-14H2,(H,20,22)/t16-/m1/s1. The molecule has 1 fully saturated rings. The number of para-hydroxylation sites is 1. The highest BCUT2D eigenvalue weighted by Gasteiger charge is 2.18. The Morgan fingerprint density at radius 3 is 3.17 bits per heavy atom. The van der Waals surface area contributed by atoms with E-state index in [0.717, 1.165) is 39.1 Å². The zero-order valence-corrected chi connectivity index (χ0v) is 13.7. The van der Waals surface area contributed by atoms with Crippen LogP contribution in [0.1, 0.15) is 24.8 Å². The third kappa shape index (κ3) is 4.69. The molecule has 0 saturated carbocycles. The second-order valence-corrected chi connectivity index (χ2v) is 6.32. The fraction of sp³-hybridized carbons (Fsp3) is 0.611. The molecule has 1 aromatic rings. The summed E-state index contributed by atoms with van der Waals surface area (Å²) >= 11 is 0. The normalized spacial score (nSPS) is 20.9. The predicted octanol–water partition coefficient (Wildman–Crippen LogP) is 1.32. The molecule has 2 heterocycles. The van der Waals surface area contributed by atoms with Gasteiger partial charge in [0.2, 0.25) is 5.91 Å². The topological polar surface area (TPSA) is 53.6 Å². The molecular weight excluding hydrogens is 290 g/mol. The SMILES string of the molecule is O=C(C[C@@H]1CNCCO1)NCCCN1CCCc2ccccc21. The lowest BCUT2D eigenvalue weighted by Gasteiger charge is -2.31. The molecule has 2 N–H and O–H groups in total. The van der Waals surface area contributed by atoms with Gasteiger partial charge in [0.05, 0.1) is 19.1 Å². The molecule has 0 unspecified atom stereocenters. The van der Waals surface area contributed by atoms with E-state index in [1.807, 2.05) is 0 Å². The molecule has 0 aromatic heterocycles. The Bertz CT molecular complexity index is 515. The third-order valence-electron chi connectivity index (χ3n) is 4.55. The van der Waals surface area contributed by atoms with Crippen LogP contribution in [0.4, 0.5) is 5.69 Å². The van der Waals surface area contributed by atoms with Crippen LogP contribution in [-0.2, 0) is 16.0 Å². The number of morpholine rings is 1. The van der Waals surface area contributed by atoms with Crippen molar-refractivity contribution in [2.75, 3.05) is 44.2 Å². The zero-order chi connectivity index (χ0) is 15.9. The molecule has 0 aliphatic carbocycles. The Labute approximate surface area is 138 Å². The van der Waals surface area contributed by atoms with E-state index in [9.17, 15) is 4.79 Å². The van der Waals surface area contributed by atoms with E-state index in [4.69, 9.17) is 4.74 Å². The molecule has 1 amide bonds. The van der Waals surface area contributed by atoms with Crippen molar-refractivity contribution in [3.05, 3.63) is 29.8 Å². The molecule has 23 heavy (non-hydrogen) atoms. The summed E-state index contributed by atoms with van der Waals surface area (Å²) in [6.07, 6.45) is 3.86. The second kappa shape index (κ2) is 8.31. The molecule has 2 aliphatic rings. The van der Waals surface area contributed by atoms with Gasteiger partial charge in [-0.25, -0.2) is 0 Å². The van der Waals surface area contributed by atoms with Crippen molar-refractivity contribution in [2.45, 2.75) is 31.8 Å². The highest BCUT2D eigenvalue weighted by atomic mass is 16.5. The number of hydrogen-bond acceptors (Lipinski definition) is 4. The Balaban J connectivity index is 1.36. The van der Waals surface area contributed by atoms with Crippen molar-refractivity contribution in [2.24, 2.45) is 0 Å². The van der Waals surface area contributed by atoms with Crippen molar-refractivity contribution in [3.63, 3.8) is 0 Å². The first-order valence-corrected chi connectivity index (χ1v) is 8.75. The lowest BCUT2D eigenvalue weighted by atomic mass is 10.0. The van der Waals surface area contributed by atoms with Gasteiger partial charge < -0.3 is 20.3 Å². The highest BCUT2D eigenvalue weighted by molar-refractivity contribution is 5.76. The summed E-state index contributed by atoms with van der Waals surface area (Å²) in [7, 11) is 0. The molecule has 5 nitrogen and oxygen atoms in total. The molecule has 3 rings (SSSR count). The quantitative estimate of drug-likeness (QED) is 0.777. The van der Waals surface area contributed by atoms with Crippen LogP contribution in [0.15, 0.2) is 24.3 Å². The molecule has 1 aromatic carbocycles. The van der Waals surface area contributed by atoms with Gasteiger partial charge in [-0.3, -0.25) is 4.79 Å². The van der Waals surface area contributed by atoms with Gasteiger partial charge in [-0.1, -0.05) is 18.2 Å². The van der Waals surface area contributed by atoms with Gasteiger partial charge in [-0.05, 0) is 30.9 Å². The van der Waals surface area contributed by atoms with Crippen molar-refractivity contribution >= 4 is 11.6 Å². The number of anilines is 1.